The fourth-order valence-electron chi connectivity index (χ4n) is 3.20. The number of nitrogens with one attached hydrogen (secondary N) is 1. The summed E-state index contributed by atoms with van der Waals surface area (Å²) in [6.07, 6.45) is 5.58. The molecule has 0 bridgehead atoms. The van der Waals surface area contributed by atoms with E-state index in [1.165, 1.54) is 6.42 Å². The van der Waals surface area contributed by atoms with Crippen LogP contribution in [-0.2, 0) is 11.3 Å². The van der Waals surface area contributed by atoms with Gasteiger partial charge in [-0.3, -0.25) is 4.79 Å². The lowest BCUT2D eigenvalue weighted by Gasteiger charge is -2.21. The second-order valence-electron chi connectivity index (χ2n) is 7.54. The Balaban J connectivity index is 1.84. The zero-order valence-corrected chi connectivity index (χ0v) is 14.2. The molecule has 1 fully saturated rings. The summed E-state index contributed by atoms with van der Waals surface area (Å²) in [5, 5.41) is 3.10. The summed E-state index contributed by atoms with van der Waals surface area (Å²) >= 11 is 0. The van der Waals surface area contributed by atoms with E-state index < -0.39 is 0 Å². The summed E-state index contributed by atoms with van der Waals surface area (Å²) in [6.45, 7) is 7.21. The number of rotatable bonds is 4. The number of hydrogen-bond donors (Lipinski definition) is 2. The number of amides is 1. The predicted molar refractivity (Wildman–Crippen MR) is 91.2 cm³/mol. The summed E-state index contributed by atoms with van der Waals surface area (Å²) < 4.78 is 0. The Kier molecular flexibility index (Phi) is 5.63. The van der Waals surface area contributed by atoms with E-state index >= 15 is 0 Å². The molecule has 3 nitrogen and oxygen atoms in total. The summed E-state index contributed by atoms with van der Waals surface area (Å²) in [5.74, 6) is 0.402. The Morgan fingerprint density at radius 3 is 2.59 bits per heavy atom. The molecule has 1 aromatic carbocycles. The molecule has 1 aromatic rings. The van der Waals surface area contributed by atoms with Crippen LogP contribution in [0.4, 0.5) is 0 Å². The van der Waals surface area contributed by atoms with E-state index in [0.29, 0.717) is 12.0 Å². The van der Waals surface area contributed by atoms with Crippen molar-refractivity contribution in [3.63, 3.8) is 0 Å². The Labute approximate surface area is 134 Å². The van der Waals surface area contributed by atoms with E-state index in [0.717, 1.165) is 36.8 Å². The average molecular weight is 302 g/mol. The van der Waals surface area contributed by atoms with Crippen LogP contribution in [0.5, 0.6) is 0 Å². The summed E-state index contributed by atoms with van der Waals surface area (Å²) in [4.78, 5) is 12.4. The van der Waals surface area contributed by atoms with Gasteiger partial charge in [0, 0.05) is 18.5 Å². The van der Waals surface area contributed by atoms with Gasteiger partial charge in [0.1, 0.15) is 0 Å². The summed E-state index contributed by atoms with van der Waals surface area (Å²) in [5.41, 5.74) is 8.50. The van der Waals surface area contributed by atoms with E-state index in [9.17, 15) is 4.79 Å². The number of benzene rings is 1. The molecule has 2 rings (SSSR count). The summed E-state index contributed by atoms with van der Waals surface area (Å²) in [6, 6.07) is 8.24. The molecule has 122 valence electrons. The van der Waals surface area contributed by atoms with Crippen molar-refractivity contribution in [3.05, 3.63) is 35.4 Å². The highest BCUT2D eigenvalue weighted by Crippen LogP contribution is 2.36. The van der Waals surface area contributed by atoms with Gasteiger partial charge in [0.2, 0.25) is 5.91 Å². The zero-order valence-electron chi connectivity index (χ0n) is 14.2. The third-order valence-corrected chi connectivity index (χ3v) is 4.92. The van der Waals surface area contributed by atoms with Gasteiger partial charge in [-0.1, -0.05) is 44.5 Å². The first kappa shape index (κ1) is 17.0. The Morgan fingerprint density at radius 1 is 1.27 bits per heavy atom. The smallest absolute Gasteiger partial charge is 0.223 e. The normalized spacial score (nSPS) is 22.6. The van der Waals surface area contributed by atoms with Gasteiger partial charge in [0.25, 0.3) is 0 Å². The fourth-order valence-corrected chi connectivity index (χ4v) is 3.20. The maximum atomic E-state index is 12.4. The average Bonchev–Trinajstić information content (AvgIpc) is 2.66. The standard InChI is InChI=1S/C19H30N2O/c1-14(20)16-8-6-15(7-9-16)13-21-18(22)17-5-4-11-19(2,3)12-10-17/h6-9,14,17H,4-5,10-13,20H2,1-3H3,(H,21,22). The molecular weight excluding hydrogens is 272 g/mol. The minimum absolute atomic E-state index is 0.0537. The van der Waals surface area contributed by atoms with Gasteiger partial charge in [-0.25, -0.2) is 0 Å². The lowest BCUT2D eigenvalue weighted by atomic mass is 9.85. The fraction of sp³-hybridized carbons (Fsp3) is 0.632. The Morgan fingerprint density at radius 2 is 1.95 bits per heavy atom. The van der Waals surface area contributed by atoms with Gasteiger partial charge in [-0.05, 0) is 49.1 Å². The lowest BCUT2D eigenvalue weighted by molar-refractivity contribution is -0.125. The third kappa shape index (κ3) is 4.84. The summed E-state index contributed by atoms with van der Waals surface area (Å²) in [7, 11) is 0. The highest BCUT2D eigenvalue weighted by Gasteiger charge is 2.27. The molecule has 1 amide bonds. The molecule has 0 aromatic heterocycles. The molecule has 0 heterocycles. The predicted octanol–water partition coefficient (Wildman–Crippen LogP) is 3.93. The number of nitrogens with two attached hydrogens (primary N) is 1. The van der Waals surface area contributed by atoms with Gasteiger partial charge >= 0.3 is 0 Å². The molecule has 3 heteroatoms. The van der Waals surface area contributed by atoms with Gasteiger partial charge in [-0.2, -0.15) is 0 Å². The monoisotopic (exact) mass is 302 g/mol. The molecule has 0 radical (unpaired) electrons. The van der Waals surface area contributed by atoms with Crippen LogP contribution in [0.2, 0.25) is 0 Å². The van der Waals surface area contributed by atoms with Gasteiger partial charge < -0.3 is 11.1 Å². The maximum absolute atomic E-state index is 12.4. The third-order valence-electron chi connectivity index (χ3n) is 4.92. The molecular formula is C19H30N2O. The van der Waals surface area contributed by atoms with E-state index in [4.69, 9.17) is 5.73 Å². The first-order valence-electron chi connectivity index (χ1n) is 8.49. The minimum Gasteiger partial charge on any atom is -0.352 e. The van der Waals surface area contributed by atoms with E-state index in [1.807, 2.05) is 19.1 Å². The molecule has 0 spiro atoms. The van der Waals surface area contributed by atoms with E-state index in [2.05, 4.69) is 31.3 Å². The van der Waals surface area contributed by atoms with Crippen molar-refractivity contribution in [3.8, 4) is 0 Å². The van der Waals surface area contributed by atoms with Crippen molar-refractivity contribution in [1.82, 2.24) is 5.32 Å². The quantitative estimate of drug-likeness (QED) is 0.828. The molecule has 1 aliphatic carbocycles. The van der Waals surface area contributed by atoms with Crippen molar-refractivity contribution >= 4 is 5.91 Å². The van der Waals surface area contributed by atoms with Crippen LogP contribution in [0.1, 0.15) is 70.0 Å². The zero-order chi connectivity index (χ0) is 16.2. The van der Waals surface area contributed by atoms with Crippen molar-refractivity contribution in [2.24, 2.45) is 17.1 Å². The Bertz CT molecular complexity index is 491. The van der Waals surface area contributed by atoms with Crippen LogP contribution >= 0.6 is 0 Å². The minimum atomic E-state index is 0.0537. The van der Waals surface area contributed by atoms with Gasteiger partial charge in [-0.15, -0.1) is 0 Å². The topological polar surface area (TPSA) is 55.1 Å². The number of hydrogen-bond acceptors (Lipinski definition) is 2. The number of carbonyl (C=O) groups is 1. The molecule has 1 aliphatic rings. The molecule has 1 saturated carbocycles. The first-order chi connectivity index (χ1) is 10.4. The van der Waals surface area contributed by atoms with Crippen LogP contribution < -0.4 is 11.1 Å². The largest absolute Gasteiger partial charge is 0.352 e. The second kappa shape index (κ2) is 7.28. The van der Waals surface area contributed by atoms with Crippen LogP contribution in [0, 0.1) is 11.3 Å². The maximum Gasteiger partial charge on any atom is 0.223 e. The van der Waals surface area contributed by atoms with Crippen molar-refractivity contribution in [2.75, 3.05) is 0 Å². The molecule has 0 saturated heterocycles. The van der Waals surface area contributed by atoms with Gasteiger partial charge in [0.05, 0.1) is 0 Å². The highest BCUT2D eigenvalue weighted by molar-refractivity contribution is 5.78. The lowest BCUT2D eigenvalue weighted by Crippen LogP contribution is -2.30. The van der Waals surface area contributed by atoms with Crippen molar-refractivity contribution in [1.29, 1.82) is 0 Å². The SMILES string of the molecule is CC(N)c1ccc(CNC(=O)C2CCCC(C)(C)CC2)cc1. The Hall–Kier alpha value is -1.35. The highest BCUT2D eigenvalue weighted by atomic mass is 16.1. The van der Waals surface area contributed by atoms with Crippen LogP contribution in [-0.4, -0.2) is 5.91 Å². The molecule has 0 aliphatic heterocycles. The van der Waals surface area contributed by atoms with Crippen LogP contribution in [0.25, 0.3) is 0 Å². The first-order valence-corrected chi connectivity index (χ1v) is 8.49. The molecule has 2 atom stereocenters. The van der Waals surface area contributed by atoms with Crippen molar-refractivity contribution < 1.29 is 4.79 Å². The van der Waals surface area contributed by atoms with Crippen molar-refractivity contribution in [2.45, 2.75) is 65.5 Å². The molecule has 22 heavy (non-hydrogen) atoms. The molecule has 2 unspecified atom stereocenters. The number of carbonyl (C=O) groups excluding carboxylic acids is 1. The molecule has 3 N–H and O–H groups in total. The second-order valence-corrected chi connectivity index (χ2v) is 7.54. The van der Waals surface area contributed by atoms with E-state index in [-0.39, 0.29) is 17.9 Å². The van der Waals surface area contributed by atoms with Crippen LogP contribution in [0.15, 0.2) is 24.3 Å². The van der Waals surface area contributed by atoms with Gasteiger partial charge in [0.15, 0.2) is 0 Å². The van der Waals surface area contributed by atoms with Crippen LogP contribution in [0.3, 0.4) is 0 Å². The van der Waals surface area contributed by atoms with E-state index in [1.54, 1.807) is 0 Å².